The number of carbonyl (C=O) groups is 2. The van der Waals surface area contributed by atoms with Crippen LogP contribution in [0.4, 0.5) is 0 Å². The summed E-state index contributed by atoms with van der Waals surface area (Å²) in [7, 11) is 3.01. The maximum absolute atomic E-state index is 12.2. The van der Waals surface area contributed by atoms with Crippen LogP contribution in [-0.2, 0) is 0 Å². The average molecular weight is 300 g/mol. The van der Waals surface area contributed by atoms with Gasteiger partial charge in [-0.2, -0.15) is 0 Å². The Labute approximate surface area is 128 Å². The highest BCUT2D eigenvalue weighted by atomic mass is 16.5. The molecule has 2 rings (SSSR count). The van der Waals surface area contributed by atoms with E-state index >= 15 is 0 Å². The van der Waals surface area contributed by atoms with Crippen LogP contribution in [0.3, 0.4) is 0 Å². The molecule has 0 unspecified atom stereocenters. The van der Waals surface area contributed by atoms with Crippen molar-refractivity contribution in [1.29, 1.82) is 0 Å². The number of esters is 1. The Morgan fingerprint density at radius 3 is 1.77 bits per heavy atom. The summed E-state index contributed by atoms with van der Waals surface area (Å²) in [6, 6.07) is 11.2. The van der Waals surface area contributed by atoms with Crippen LogP contribution in [0.15, 0.2) is 42.5 Å². The summed E-state index contributed by atoms with van der Waals surface area (Å²) in [6.07, 6.45) is 0. The lowest BCUT2D eigenvalue weighted by Gasteiger charge is -2.08. The van der Waals surface area contributed by atoms with E-state index in [1.54, 1.807) is 42.5 Å². The molecule has 0 atom stereocenters. The van der Waals surface area contributed by atoms with Crippen molar-refractivity contribution in [3.63, 3.8) is 0 Å². The summed E-state index contributed by atoms with van der Waals surface area (Å²) in [5, 5.41) is 0. The Kier molecular flexibility index (Phi) is 4.78. The number of methoxy groups -OCH3 is 2. The van der Waals surface area contributed by atoms with Crippen molar-refractivity contribution in [3.05, 3.63) is 53.6 Å². The van der Waals surface area contributed by atoms with Gasteiger partial charge in [-0.25, -0.2) is 4.79 Å². The second-order valence-corrected chi connectivity index (χ2v) is 4.57. The van der Waals surface area contributed by atoms with E-state index in [1.807, 2.05) is 0 Å². The second kappa shape index (κ2) is 6.76. The van der Waals surface area contributed by atoms with Gasteiger partial charge in [0, 0.05) is 11.6 Å². The minimum atomic E-state index is -0.534. The minimum absolute atomic E-state index is 0.0459. The van der Waals surface area contributed by atoms with Crippen molar-refractivity contribution >= 4 is 11.8 Å². The zero-order valence-electron chi connectivity index (χ0n) is 12.6. The van der Waals surface area contributed by atoms with Crippen molar-refractivity contribution in [2.24, 2.45) is 0 Å². The molecular formula is C17H16O5. The molecule has 2 aromatic carbocycles. The fourth-order valence-corrected chi connectivity index (χ4v) is 1.85. The molecule has 0 saturated carbocycles. The van der Waals surface area contributed by atoms with Crippen molar-refractivity contribution in [1.82, 2.24) is 0 Å². The van der Waals surface area contributed by atoms with Crippen LogP contribution in [0.25, 0.3) is 0 Å². The summed E-state index contributed by atoms with van der Waals surface area (Å²) in [6.45, 7) is 1.48. The van der Waals surface area contributed by atoms with E-state index in [1.165, 1.54) is 21.1 Å². The molecule has 0 bridgehead atoms. The fourth-order valence-electron chi connectivity index (χ4n) is 1.85. The molecule has 0 fully saturated rings. The van der Waals surface area contributed by atoms with Crippen molar-refractivity contribution in [2.45, 2.75) is 6.92 Å². The van der Waals surface area contributed by atoms with Gasteiger partial charge >= 0.3 is 5.97 Å². The quantitative estimate of drug-likeness (QED) is 0.482. The predicted octanol–water partition coefficient (Wildman–Crippen LogP) is 3.13. The molecule has 0 amide bonds. The van der Waals surface area contributed by atoms with Gasteiger partial charge in [0.05, 0.1) is 19.8 Å². The van der Waals surface area contributed by atoms with Gasteiger partial charge in [-0.05, 0) is 43.3 Å². The van der Waals surface area contributed by atoms with Gasteiger partial charge in [-0.15, -0.1) is 0 Å². The van der Waals surface area contributed by atoms with E-state index in [9.17, 15) is 9.59 Å². The largest absolute Gasteiger partial charge is 0.497 e. The first kappa shape index (κ1) is 15.6. The smallest absolute Gasteiger partial charge is 0.343 e. The van der Waals surface area contributed by atoms with E-state index < -0.39 is 5.97 Å². The SMILES string of the molecule is COc1cc(OC)cc(C(=O)Oc2ccc(C(C)=O)cc2)c1. The third kappa shape index (κ3) is 3.63. The number of benzene rings is 2. The molecule has 22 heavy (non-hydrogen) atoms. The molecule has 0 saturated heterocycles. The Balaban J connectivity index is 2.19. The normalized spacial score (nSPS) is 9.95. The first-order chi connectivity index (χ1) is 10.5. The van der Waals surface area contributed by atoms with Crippen molar-refractivity contribution < 1.29 is 23.8 Å². The molecular weight excluding hydrogens is 284 g/mol. The number of carbonyl (C=O) groups excluding carboxylic acids is 2. The molecule has 0 spiro atoms. The van der Waals surface area contributed by atoms with Gasteiger partial charge in [0.25, 0.3) is 0 Å². The summed E-state index contributed by atoms with van der Waals surface area (Å²) >= 11 is 0. The molecule has 0 aliphatic heterocycles. The molecule has 5 nitrogen and oxygen atoms in total. The predicted molar refractivity (Wildman–Crippen MR) is 81.0 cm³/mol. The minimum Gasteiger partial charge on any atom is -0.497 e. The number of Topliss-reactive ketones (excluding diaryl/α,β-unsaturated/α-hetero) is 1. The van der Waals surface area contributed by atoms with Crippen LogP contribution in [0, 0.1) is 0 Å². The molecule has 0 aromatic heterocycles. The molecule has 0 N–H and O–H groups in total. The van der Waals surface area contributed by atoms with Gasteiger partial charge in [0.15, 0.2) is 5.78 Å². The van der Waals surface area contributed by atoms with Crippen LogP contribution in [-0.4, -0.2) is 26.0 Å². The second-order valence-electron chi connectivity index (χ2n) is 4.57. The summed E-state index contributed by atoms with van der Waals surface area (Å²) in [4.78, 5) is 23.4. The van der Waals surface area contributed by atoms with E-state index in [0.717, 1.165) is 0 Å². The maximum atomic E-state index is 12.2. The third-order valence-corrected chi connectivity index (χ3v) is 3.06. The van der Waals surface area contributed by atoms with Gasteiger partial charge in [-0.1, -0.05) is 0 Å². The van der Waals surface area contributed by atoms with Crippen molar-refractivity contribution in [2.75, 3.05) is 14.2 Å². The van der Waals surface area contributed by atoms with Crippen molar-refractivity contribution in [3.8, 4) is 17.2 Å². The highest BCUT2D eigenvalue weighted by Crippen LogP contribution is 2.23. The Hall–Kier alpha value is -2.82. The molecule has 0 radical (unpaired) electrons. The van der Waals surface area contributed by atoms with Gasteiger partial charge in [0.1, 0.15) is 17.2 Å². The topological polar surface area (TPSA) is 61.8 Å². The third-order valence-electron chi connectivity index (χ3n) is 3.06. The van der Waals surface area contributed by atoms with E-state index in [2.05, 4.69) is 0 Å². The lowest BCUT2D eigenvalue weighted by molar-refractivity contribution is 0.0734. The van der Waals surface area contributed by atoms with Crippen LogP contribution < -0.4 is 14.2 Å². The van der Waals surface area contributed by atoms with Gasteiger partial charge < -0.3 is 14.2 Å². The lowest BCUT2D eigenvalue weighted by atomic mass is 10.1. The molecule has 114 valence electrons. The Morgan fingerprint density at radius 1 is 0.773 bits per heavy atom. The standard InChI is InChI=1S/C17H16O5/c1-11(18)12-4-6-14(7-5-12)22-17(19)13-8-15(20-2)10-16(9-13)21-3/h4-10H,1-3H3. The Bertz CT molecular complexity index is 666. The zero-order valence-corrected chi connectivity index (χ0v) is 12.6. The van der Waals surface area contributed by atoms with E-state index in [4.69, 9.17) is 14.2 Å². The maximum Gasteiger partial charge on any atom is 0.343 e. The first-order valence-electron chi connectivity index (χ1n) is 6.59. The first-order valence-corrected chi connectivity index (χ1v) is 6.59. The molecule has 2 aromatic rings. The summed E-state index contributed by atoms with van der Waals surface area (Å²) in [5.41, 5.74) is 0.870. The van der Waals surface area contributed by atoms with E-state index in [0.29, 0.717) is 28.4 Å². The monoisotopic (exact) mass is 300 g/mol. The number of ether oxygens (including phenoxy) is 3. The highest BCUT2D eigenvalue weighted by molar-refractivity contribution is 5.94. The number of hydrogen-bond donors (Lipinski definition) is 0. The number of hydrogen-bond acceptors (Lipinski definition) is 5. The molecule has 0 heterocycles. The molecule has 0 aliphatic carbocycles. The van der Waals surface area contributed by atoms with E-state index in [-0.39, 0.29) is 5.78 Å². The summed E-state index contributed by atoms with van der Waals surface area (Å²) < 4.78 is 15.5. The summed E-state index contributed by atoms with van der Waals surface area (Å²) in [5.74, 6) is 0.774. The lowest BCUT2D eigenvalue weighted by Crippen LogP contribution is -2.09. The van der Waals surface area contributed by atoms with Crippen LogP contribution in [0.2, 0.25) is 0 Å². The van der Waals surface area contributed by atoms with Crippen LogP contribution in [0.1, 0.15) is 27.6 Å². The molecule has 0 aliphatic rings. The Morgan fingerprint density at radius 2 is 1.32 bits per heavy atom. The van der Waals surface area contributed by atoms with Crippen LogP contribution >= 0.6 is 0 Å². The van der Waals surface area contributed by atoms with Gasteiger partial charge in [0.2, 0.25) is 0 Å². The number of ketones is 1. The molecule has 5 heteroatoms. The average Bonchev–Trinajstić information content (AvgIpc) is 2.54. The zero-order chi connectivity index (χ0) is 16.1. The van der Waals surface area contributed by atoms with Crippen LogP contribution in [0.5, 0.6) is 17.2 Å². The van der Waals surface area contributed by atoms with Gasteiger partial charge in [-0.3, -0.25) is 4.79 Å². The highest BCUT2D eigenvalue weighted by Gasteiger charge is 2.12. The fraction of sp³-hybridized carbons (Fsp3) is 0.176. The number of rotatable bonds is 5.